The zero-order valence-electron chi connectivity index (χ0n) is 10.7. The summed E-state index contributed by atoms with van der Waals surface area (Å²) in [5.41, 5.74) is 0. The van der Waals surface area contributed by atoms with E-state index in [0.717, 1.165) is 25.8 Å². The molecule has 0 radical (unpaired) electrons. The summed E-state index contributed by atoms with van der Waals surface area (Å²) in [5, 5.41) is 5.66. The van der Waals surface area contributed by atoms with Crippen LogP contribution in [0.5, 0.6) is 0 Å². The van der Waals surface area contributed by atoms with Gasteiger partial charge in [0.15, 0.2) is 0 Å². The molecule has 0 heterocycles. The van der Waals surface area contributed by atoms with Gasteiger partial charge in [0.05, 0.1) is 0 Å². The molecule has 0 aromatic rings. The Balaban J connectivity index is -0.000000332. The van der Waals surface area contributed by atoms with Crippen LogP contribution in [0.1, 0.15) is 48.3 Å². The molecule has 1 rings (SSSR count). The minimum Gasteiger partial charge on any atom is -0.394 e. The second-order valence-electron chi connectivity index (χ2n) is 4.12. The number of rotatable bonds is 4. The van der Waals surface area contributed by atoms with Crippen molar-refractivity contribution >= 4 is 5.91 Å². The van der Waals surface area contributed by atoms with E-state index < -0.39 is 0 Å². The number of hydrogen-bond acceptors (Lipinski definition) is 2. The van der Waals surface area contributed by atoms with E-state index in [1.165, 1.54) is 19.3 Å². The summed E-state index contributed by atoms with van der Waals surface area (Å²) < 4.78 is 0. The molecule has 0 aliphatic heterocycles. The topological polar surface area (TPSA) is 41.1 Å². The third kappa shape index (κ3) is 7.32. The highest BCUT2D eigenvalue weighted by Gasteiger charge is 2.19. The Morgan fingerprint density at radius 1 is 1.44 bits per heavy atom. The first-order valence-electron chi connectivity index (χ1n) is 6.32. The van der Waals surface area contributed by atoms with E-state index in [1.54, 1.807) is 6.20 Å². The van der Waals surface area contributed by atoms with Crippen LogP contribution in [0, 0.1) is 5.92 Å². The molecule has 0 aromatic heterocycles. The summed E-state index contributed by atoms with van der Waals surface area (Å²) in [5.74, 6) is 0.613. The molecule has 0 atom stereocenters. The van der Waals surface area contributed by atoms with Gasteiger partial charge in [-0.05, 0) is 25.5 Å². The lowest BCUT2D eigenvalue weighted by atomic mass is 9.89. The molecule has 1 aliphatic rings. The van der Waals surface area contributed by atoms with E-state index in [1.807, 2.05) is 7.05 Å². The summed E-state index contributed by atoms with van der Waals surface area (Å²) in [6, 6.07) is 0. The Hall–Kier alpha value is -0.990. The average molecular weight is 230 g/mol. The maximum Gasteiger partial charge on any atom is 0.223 e. The van der Waals surface area contributed by atoms with Gasteiger partial charge in [0.2, 0.25) is 5.91 Å². The van der Waals surface area contributed by atoms with Gasteiger partial charge < -0.3 is 10.6 Å². The van der Waals surface area contributed by atoms with Gasteiger partial charge in [-0.15, -0.1) is 0 Å². The molecule has 1 saturated carbocycles. The molecule has 16 heavy (non-hydrogen) atoms. The SMILES string of the molecule is C=CNC.CCCNC(=O)C1CCCCC1.[HH].[HH]. The molecule has 1 aliphatic carbocycles. The first kappa shape index (κ1) is 15.0. The van der Waals surface area contributed by atoms with Crippen LogP contribution in [0.4, 0.5) is 0 Å². The van der Waals surface area contributed by atoms with Crippen molar-refractivity contribution in [2.45, 2.75) is 45.4 Å². The fraction of sp³-hybridized carbons (Fsp3) is 0.769. The van der Waals surface area contributed by atoms with Crippen LogP contribution in [0.3, 0.4) is 0 Å². The van der Waals surface area contributed by atoms with Gasteiger partial charge in [0.25, 0.3) is 0 Å². The average Bonchev–Trinajstić information content (AvgIpc) is 2.37. The van der Waals surface area contributed by atoms with E-state index in [-0.39, 0.29) is 8.76 Å². The van der Waals surface area contributed by atoms with Crippen molar-refractivity contribution in [3.63, 3.8) is 0 Å². The van der Waals surface area contributed by atoms with Crippen LogP contribution in [-0.4, -0.2) is 19.5 Å². The van der Waals surface area contributed by atoms with Gasteiger partial charge in [-0.2, -0.15) is 0 Å². The number of carbonyl (C=O) groups is 1. The van der Waals surface area contributed by atoms with Crippen LogP contribution >= 0.6 is 0 Å². The predicted molar refractivity (Wildman–Crippen MR) is 73.4 cm³/mol. The summed E-state index contributed by atoms with van der Waals surface area (Å²) in [4.78, 5) is 11.4. The monoisotopic (exact) mass is 230 g/mol. The molecular weight excluding hydrogens is 200 g/mol. The lowest BCUT2D eigenvalue weighted by Gasteiger charge is -2.20. The standard InChI is InChI=1S/C10H19NO.C3H7N.2H2/c1-2-8-11-10(12)9-6-4-3-5-7-9;1-3-4-2;;/h9H,2-8H2,1H3,(H,11,12);3-4H,1H2,2H3;2*1H. The highest BCUT2D eigenvalue weighted by atomic mass is 16.1. The first-order valence-corrected chi connectivity index (χ1v) is 6.32. The Labute approximate surface area is 103 Å². The van der Waals surface area contributed by atoms with Crippen molar-refractivity contribution in [3.8, 4) is 0 Å². The van der Waals surface area contributed by atoms with Crippen molar-refractivity contribution in [1.29, 1.82) is 0 Å². The molecule has 0 bridgehead atoms. The van der Waals surface area contributed by atoms with Crippen molar-refractivity contribution in [1.82, 2.24) is 10.6 Å². The van der Waals surface area contributed by atoms with Gasteiger partial charge in [0.1, 0.15) is 0 Å². The zero-order valence-corrected chi connectivity index (χ0v) is 10.7. The van der Waals surface area contributed by atoms with Crippen molar-refractivity contribution < 1.29 is 7.65 Å². The Bertz CT molecular complexity index is 195. The molecule has 98 valence electrons. The third-order valence-corrected chi connectivity index (χ3v) is 2.73. The van der Waals surface area contributed by atoms with Gasteiger partial charge in [-0.25, -0.2) is 0 Å². The summed E-state index contributed by atoms with van der Waals surface area (Å²) >= 11 is 0. The van der Waals surface area contributed by atoms with Crippen LogP contribution in [0.2, 0.25) is 0 Å². The van der Waals surface area contributed by atoms with Gasteiger partial charge >= 0.3 is 0 Å². The van der Waals surface area contributed by atoms with E-state index in [0.29, 0.717) is 5.92 Å². The summed E-state index contributed by atoms with van der Waals surface area (Å²) in [6.45, 7) is 6.30. The molecule has 0 saturated heterocycles. The molecule has 1 amide bonds. The van der Waals surface area contributed by atoms with Crippen molar-refractivity contribution in [2.24, 2.45) is 5.92 Å². The number of amides is 1. The molecule has 3 heteroatoms. The molecule has 3 nitrogen and oxygen atoms in total. The van der Waals surface area contributed by atoms with E-state index in [2.05, 4.69) is 24.1 Å². The Morgan fingerprint density at radius 3 is 2.44 bits per heavy atom. The molecule has 1 fully saturated rings. The number of nitrogens with one attached hydrogen (secondary N) is 2. The predicted octanol–water partition coefficient (Wildman–Crippen LogP) is 2.93. The second kappa shape index (κ2) is 10.5. The van der Waals surface area contributed by atoms with Crippen LogP contribution in [0.25, 0.3) is 0 Å². The Kier molecular flexibility index (Phi) is 9.87. The smallest absolute Gasteiger partial charge is 0.223 e. The maximum absolute atomic E-state index is 11.4. The minimum atomic E-state index is 0. The lowest BCUT2D eigenvalue weighted by Crippen LogP contribution is -2.32. The van der Waals surface area contributed by atoms with E-state index in [4.69, 9.17) is 0 Å². The number of carbonyl (C=O) groups excluding carboxylic acids is 1. The molecule has 0 aromatic carbocycles. The van der Waals surface area contributed by atoms with Gasteiger partial charge in [0, 0.05) is 22.4 Å². The van der Waals surface area contributed by atoms with Crippen LogP contribution < -0.4 is 10.6 Å². The minimum absolute atomic E-state index is 0. The van der Waals surface area contributed by atoms with Gasteiger partial charge in [-0.3, -0.25) is 4.79 Å². The zero-order chi connectivity index (χ0) is 12.2. The fourth-order valence-corrected chi connectivity index (χ4v) is 1.76. The van der Waals surface area contributed by atoms with Crippen molar-refractivity contribution in [2.75, 3.05) is 13.6 Å². The molecule has 2 N–H and O–H groups in total. The van der Waals surface area contributed by atoms with Crippen molar-refractivity contribution in [3.05, 3.63) is 12.8 Å². The van der Waals surface area contributed by atoms with Crippen LogP contribution in [-0.2, 0) is 4.79 Å². The number of hydrogen-bond donors (Lipinski definition) is 2. The largest absolute Gasteiger partial charge is 0.394 e. The highest BCUT2D eigenvalue weighted by molar-refractivity contribution is 5.78. The first-order chi connectivity index (χ1) is 7.76. The third-order valence-electron chi connectivity index (χ3n) is 2.73. The lowest BCUT2D eigenvalue weighted by molar-refractivity contribution is -0.125. The normalized spacial score (nSPS) is 15.6. The fourth-order valence-electron chi connectivity index (χ4n) is 1.76. The van der Waals surface area contributed by atoms with Gasteiger partial charge in [-0.1, -0.05) is 32.8 Å². The van der Waals surface area contributed by atoms with Crippen LogP contribution in [0.15, 0.2) is 12.8 Å². The Morgan fingerprint density at radius 2 is 2.00 bits per heavy atom. The van der Waals surface area contributed by atoms with E-state index >= 15 is 0 Å². The molecular formula is C13H30N2O. The van der Waals surface area contributed by atoms with E-state index in [9.17, 15) is 4.79 Å². The summed E-state index contributed by atoms with van der Waals surface area (Å²) in [7, 11) is 1.81. The highest BCUT2D eigenvalue weighted by Crippen LogP contribution is 2.23. The molecule has 0 unspecified atom stereocenters. The maximum atomic E-state index is 11.4. The molecule has 0 spiro atoms. The summed E-state index contributed by atoms with van der Waals surface area (Å²) in [6.07, 6.45) is 8.68. The quantitative estimate of drug-likeness (QED) is 0.779. The second-order valence-corrected chi connectivity index (χ2v) is 4.12.